The van der Waals surface area contributed by atoms with E-state index in [1.807, 2.05) is 19.1 Å². The number of carbonyl (C=O) groups excluding carboxylic acids is 1. The first-order chi connectivity index (χ1) is 7.24. The van der Waals surface area contributed by atoms with Crippen molar-refractivity contribution in [3.8, 4) is 0 Å². The Morgan fingerprint density at radius 3 is 3.13 bits per heavy atom. The predicted molar refractivity (Wildman–Crippen MR) is 62.9 cm³/mol. The molecular weight excluding hydrogens is 188 g/mol. The maximum Gasteiger partial charge on any atom is 0.273 e. The molecule has 15 heavy (non-hydrogen) atoms. The van der Waals surface area contributed by atoms with Gasteiger partial charge in [0.15, 0.2) is 0 Å². The summed E-state index contributed by atoms with van der Waals surface area (Å²) >= 11 is 0. The fourth-order valence-electron chi connectivity index (χ4n) is 1.30. The van der Waals surface area contributed by atoms with Crippen LogP contribution in [-0.4, -0.2) is 18.2 Å². The molecule has 0 fully saturated rings. The summed E-state index contributed by atoms with van der Waals surface area (Å²) < 4.78 is 0. The molecule has 0 aliphatic carbocycles. The van der Waals surface area contributed by atoms with E-state index >= 15 is 0 Å². The Morgan fingerprint density at radius 1 is 1.67 bits per heavy atom. The molecular formula is C12H18N2O. The molecule has 1 aliphatic rings. The molecule has 0 radical (unpaired) electrons. The number of allylic oxidation sites excluding steroid dienone is 1. The quantitative estimate of drug-likeness (QED) is 0.752. The molecule has 3 heteroatoms. The van der Waals surface area contributed by atoms with Crippen molar-refractivity contribution >= 4 is 11.6 Å². The lowest BCUT2D eigenvalue weighted by atomic mass is 10.1. The van der Waals surface area contributed by atoms with Gasteiger partial charge in [0.2, 0.25) is 0 Å². The van der Waals surface area contributed by atoms with Crippen LogP contribution in [0.2, 0.25) is 0 Å². The highest BCUT2D eigenvalue weighted by Crippen LogP contribution is 2.06. The minimum Gasteiger partial charge on any atom is -0.328 e. The lowest BCUT2D eigenvalue weighted by Gasteiger charge is -2.08. The van der Waals surface area contributed by atoms with E-state index < -0.39 is 0 Å². The third-order valence-corrected chi connectivity index (χ3v) is 2.19. The van der Waals surface area contributed by atoms with Gasteiger partial charge in [-0.05, 0) is 25.8 Å². The molecule has 0 atom stereocenters. The van der Waals surface area contributed by atoms with Gasteiger partial charge in [0.25, 0.3) is 5.91 Å². The second-order valence-electron chi connectivity index (χ2n) is 3.67. The number of unbranched alkanes of at least 4 members (excludes halogenated alkanes) is 1. The molecule has 0 aromatic rings. The number of hydrogen-bond donors (Lipinski definition) is 1. The summed E-state index contributed by atoms with van der Waals surface area (Å²) in [4.78, 5) is 15.7. The summed E-state index contributed by atoms with van der Waals surface area (Å²) in [6.45, 7) is 4.85. The minimum atomic E-state index is -0.110. The molecule has 0 unspecified atom stereocenters. The maximum atomic E-state index is 11.6. The van der Waals surface area contributed by atoms with Crippen molar-refractivity contribution < 1.29 is 4.79 Å². The van der Waals surface area contributed by atoms with E-state index in [2.05, 4.69) is 17.2 Å². The van der Waals surface area contributed by atoms with Crippen molar-refractivity contribution in [3.63, 3.8) is 0 Å². The van der Waals surface area contributed by atoms with Crippen LogP contribution in [0.1, 0.15) is 33.1 Å². The Balaban J connectivity index is 2.44. The Kier molecular flexibility index (Phi) is 4.81. The van der Waals surface area contributed by atoms with Gasteiger partial charge >= 0.3 is 0 Å². The number of aliphatic imine (C=N–C) groups is 1. The zero-order chi connectivity index (χ0) is 11.1. The fraction of sp³-hybridized carbons (Fsp3) is 0.500. The second-order valence-corrected chi connectivity index (χ2v) is 3.67. The summed E-state index contributed by atoms with van der Waals surface area (Å²) in [5.41, 5.74) is 1.76. The first kappa shape index (κ1) is 11.7. The van der Waals surface area contributed by atoms with Gasteiger partial charge in [-0.15, -0.1) is 0 Å². The molecule has 1 N–H and O–H groups in total. The smallest absolute Gasteiger partial charge is 0.273 e. The standard InChI is InChI=1S/C12H18N2O/c1-3-4-5-7-14-12(15)11-9-10(2)6-8-13-11/h5,7,9H,3-4,6,8H2,1-2H3,(H,14,15)/b7-5+. The minimum absolute atomic E-state index is 0.110. The van der Waals surface area contributed by atoms with Crippen LogP contribution >= 0.6 is 0 Å². The van der Waals surface area contributed by atoms with Crippen LogP contribution in [-0.2, 0) is 4.79 Å². The fourth-order valence-corrected chi connectivity index (χ4v) is 1.30. The molecule has 0 bridgehead atoms. The van der Waals surface area contributed by atoms with Gasteiger partial charge in [-0.2, -0.15) is 0 Å². The summed E-state index contributed by atoms with van der Waals surface area (Å²) in [5.74, 6) is -0.110. The van der Waals surface area contributed by atoms with Crippen LogP contribution in [0.3, 0.4) is 0 Å². The number of dihydropyridines is 1. The van der Waals surface area contributed by atoms with Crippen molar-refractivity contribution in [2.24, 2.45) is 4.99 Å². The number of nitrogens with one attached hydrogen (secondary N) is 1. The van der Waals surface area contributed by atoms with E-state index in [0.717, 1.165) is 25.8 Å². The zero-order valence-corrected chi connectivity index (χ0v) is 9.42. The average Bonchev–Trinajstić information content (AvgIpc) is 2.24. The number of nitrogens with zero attached hydrogens (tertiary/aromatic N) is 1. The van der Waals surface area contributed by atoms with Crippen molar-refractivity contribution in [1.82, 2.24) is 5.32 Å². The molecule has 3 nitrogen and oxygen atoms in total. The molecule has 0 spiro atoms. The molecule has 0 aromatic heterocycles. The average molecular weight is 206 g/mol. The summed E-state index contributed by atoms with van der Waals surface area (Å²) in [6.07, 6.45) is 8.55. The second kappa shape index (κ2) is 6.17. The van der Waals surface area contributed by atoms with Gasteiger partial charge in [-0.3, -0.25) is 9.79 Å². The SMILES string of the molecule is CCC/C=C/NC(=O)C1=NCCC(C)=C1. The zero-order valence-electron chi connectivity index (χ0n) is 9.42. The highest BCUT2D eigenvalue weighted by molar-refractivity contribution is 6.43. The predicted octanol–water partition coefficient (Wildman–Crippen LogP) is 2.21. The Morgan fingerprint density at radius 2 is 2.47 bits per heavy atom. The Hall–Kier alpha value is -1.38. The van der Waals surface area contributed by atoms with Gasteiger partial charge in [-0.1, -0.05) is 25.0 Å². The maximum absolute atomic E-state index is 11.6. The van der Waals surface area contributed by atoms with Gasteiger partial charge < -0.3 is 5.32 Å². The Labute approximate surface area is 91.0 Å². The number of amides is 1. The molecule has 0 aromatic carbocycles. The Bertz CT molecular complexity index is 314. The molecule has 1 aliphatic heterocycles. The topological polar surface area (TPSA) is 41.5 Å². The monoisotopic (exact) mass is 206 g/mol. The van der Waals surface area contributed by atoms with Crippen LogP contribution in [0.15, 0.2) is 28.9 Å². The van der Waals surface area contributed by atoms with Gasteiger partial charge in [-0.25, -0.2) is 0 Å². The van der Waals surface area contributed by atoms with Crippen LogP contribution in [0.25, 0.3) is 0 Å². The molecule has 0 saturated carbocycles. The number of hydrogen-bond acceptors (Lipinski definition) is 2. The lowest BCUT2D eigenvalue weighted by molar-refractivity contribution is -0.113. The highest BCUT2D eigenvalue weighted by Gasteiger charge is 2.10. The molecule has 82 valence electrons. The van der Waals surface area contributed by atoms with Gasteiger partial charge in [0.05, 0.1) is 0 Å². The summed E-state index contributed by atoms with van der Waals surface area (Å²) in [5, 5.41) is 2.71. The third kappa shape index (κ3) is 4.11. The van der Waals surface area contributed by atoms with Crippen molar-refractivity contribution in [1.29, 1.82) is 0 Å². The molecule has 0 saturated heterocycles. The van der Waals surface area contributed by atoms with E-state index in [1.54, 1.807) is 6.20 Å². The number of carbonyl (C=O) groups is 1. The summed E-state index contributed by atoms with van der Waals surface area (Å²) in [7, 11) is 0. The lowest BCUT2D eigenvalue weighted by Crippen LogP contribution is -2.27. The first-order valence-electron chi connectivity index (χ1n) is 5.41. The first-order valence-corrected chi connectivity index (χ1v) is 5.41. The van der Waals surface area contributed by atoms with Crippen molar-refractivity contribution in [3.05, 3.63) is 23.9 Å². The van der Waals surface area contributed by atoms with E-state index in [1.165, 1.54) is 5.57 Å². The number of rotatable bonds is 4. The third-order valence-electron chi connectivity index (χ3n) is 2.19. The molecule has 1 heterocycles. The van der Waals surface area contributed by atoms with Crippen LogP contribution in [0.4, 0.5) is 0 Å². The highest BCUT2D eigenvalue weighted by atomic mass is 16.1. The molecule has 1 amide bonds. The van der Waals surface area contributed by atoms with E-state index in [-0.39, 0.29) is 5.91 Å². The van der Waals surface area contributed by atoms with Crippen molar-refractivity contribution in [2.75, 3.05) is 6.54 Å². The van der Waals surface area contributed by atoms with E-state index in [0.29, 0.717) is 5.71 Å². The van der Waals surface area contributed by atoms with E-state index in [4.69, 9.17) is 0 Å². The van der Waals surface area contributed by atoms with E-state index in [9.17, 15) is 4.79 Å². The van der Waals surface area contributed by atoms with Crippen LogP contribution < -0.4 is 5.32 Å². The largest absolute Gasteiger partial charge is 0.328 e. The van der Waals surface area contributed by atoms with Crippen LogP contribution in [0.5, 0.6) is 0 Å². The molecule has 1 rings (SSSR count). The van der Waals surface area contributed by atoms with Crippen molar-refractivity contribution in [2.45, 2.75) is 33.1 Å². The van der Waals surface area contributed by atoms with Gasteiger partial charge in [0.1, 0.15) is 5.71 Å². The summed E-state index contributed by atoms with van der Waals surface area (Å²) in [6, 6.07) is 0. The van der Waals surface area contributed by atoms with Crippen LogP contribution in [0, 0.1) is 0 Å². The normalized spacial score (nSPS) is 16.1. The van der Waals surface area contributed by atoms with Gasteiger partial charge in [0, 0.05) is 12.7 Å².